The summed E-state index contributed by atoms with van der Waals surface area (Å²) in [6.07, 6.45) is 3.40. The van der Waals surface area contributed by atoms with Crippen molar-refractivity contribution in [3.8, 4) is 0 Å². The fourth-order valence-corrected chi connectivity index (χ4v) is 2.15. The quantitative estimate of drug-likeness (QED) is 0.880. The van der Waals surface area contributed by atoms with Gasteiger partial charge in [0.15, 0.2) is 0 Å². The van der Waals surface area contributed by atoms with Crippen LogP contribution in [-0.4, -0.2) is 7.05 Å². The van der Waals surface area contributed by atoms with Gasteiger partial charge in [0.2, 0.25) is 0 Å². The standard InChI is InChI=1S/C13H14ClNO/c1-9-3-4-11(12(14)7-9)13(15-2)10-5-6-16-8-10/h3-8,13,15H,1-2H3. The van der Waals surface area contributed by atoms with Crippen LogP contribution in [0.1, 0.15) is 22.7 Å². The number of aryl methyl sites for hydroxylation is 1. The van der Waals surface area contributed by atoms with Crippen molar-refractivity contribution in [1.29, 1.82) is 0 Å². The number of nitrogens with one attached hydrogen (secondary N) is 1. The highest BCUT2D eigenvalue weighted by Crippen LogP contribution is 2.28. The van der Waals surface area contributed by atoms with Crippen LogP contribution in [0.5, 0.6) is 0 Å². The third kappa shape index (κ3) is 2.13. The average molecular weight is 236 g/mol. The van der Waals surface area contributed by atoms with Crippen LogP contribution in [0.3, 0.4) is 0 Å². The molecule has 0 aliphatic rings. The van der Waals surface area contributed by atoms with Crippen molar-refractivity contribution in [3.05, 3.63) is 58.5 Å². The summed E-state index contributed by atoms with van der Waals surface area (Å²) >= 11 is 6.25. The Hall–Kier alpha value is -1.25. The van der Waals surface area contributed by atoms with Crippen LogP contribution in [0.25, 0.3) is 0 Å². The molecule has 84 valence electrons. The van der Waals surface area contributed by atoms with E-state index >= 15 is 0 Å². The fourth-order valence-electron chi connectivity index (χ4n) is 1.81. The summed E-state index contributed by atoms with van der Waals surface area (Å²) in [4.78, 5) is 0. The van der Waals surface area contributed by atoms with Gasteiger partial charge in [-0.2, -0.15) is 0 Å². The lowest BCUT2D eigenvalue weighted by atomic mass is 10.0. The van der Waals surface area contributed by atoms with Gasteiger partial charge in [0.1, 0.15) is 0 Å². The smallest absolute Gasteiger partial charge is 0.0953 e. The van der Waals surface area contributed by atoms with Crippen molar-refractivity contribution < 1.29 is 4.42 Å². The minimum atomic E-state index is 0.0758. The Labute approximate surface area is 100 Å². The summed E-state index contributed by atoms with van der Waals surface area (Å²) in [7, 11) is 1.91. The highest BCUT2D eigenvalue weighted by Gasteiger charge is 2.15. The van der Waals surface area contributed by atoms with Gasteiger partial charge < -0.3 is 9.73 Å². The van der Waals surface area contributed by atoms with Gasteiger partial charge >= 0.3 is 0 Å². The van der Waals surface area contributed by atoms with E-state index in [2.05, 4.69) is 11.4 Å². The normalized spacial score (nSPS) is 12.7. The molecule has 1 aromatic heterocycles. The van der Waals surface area contributed by atoms with Crippen LogP contribution < -0.4 is 5.32 Å². The van der Waals surface area contributed by atoms with Crippen LogP contribution in [0.4, 0.5) is 0 Å². The summed E-state index contributed by atoms with van der Waals surface area (Å²) in [6, 6.07) is 8.10. The summed E-state index contributed by atoms with van der Waals surface area (Å²) in [6.45, 7) is 2.03. The van der Waals surface area contributed by atoms with E-state index in [-0.39, 0.29) is 6.04 Å². The van der Waals surface area contributed by atoms with E-state index < -0.39 is 0 Å². The number of hydrogen-bond acceptors (Lipinski definition) is 2. The number of hydrogen-bond donors (Lipinski definition) is 1. The first-order chi connectivity index (χ1) is 7.72. The topological polar surface area (TPSA) is 25.2 Å². The average Bonchev–Trinajstić information content (AvgIpc) is 2.75. The zero-order valence-corrected chi connectivity index (χ0v) is 10.1. The maximum absolute atomic E-state index is 6.25. The van der Waals surface area contributed by atoms with Gasteiger partial charge in [-0.1, -0.05) is 23.7 Å². The van der Waals surface area contributed by atoms with Gasteiger partial charge in [-0.05, 0) is 37.2 Å². The summed E-state index contributed by atoms with van der Waals surface area (Å²) in [5.74, 6) is 0. The largest absolute Gasteiger partial charge is 0.472 e. The van der Waals surface area contributed by atoms with Crippen molar-refractivity contribution in [2.24, 2.45) is 0 Å². The summed E-state index contributed by atoms with van der Waals surface area (Å²) in [5, 5.41) is 4.01. The van der Waals surface area contributed by atoms with E-state index in [9.17, 15) is 0 Å². The predicted octanol–water partition coefficient (Wildman–Crippen LogP) is 3.55. The second-order valence-corrected chi connectivity index (χ2v) is 4.21. The molecule has 1 heterocycles. The molecule has 2 aromatic rings. The van der Waals surface area contributed by atoms with Crippen LogP contribution in [0.15, 0.2) is 41.2 Å². The maximum atomic E-state index is 6.25. The monoisotopic (exact) mass is 235 g/mol. The second kappa shape index (κ2) is 4.73. The molecule has 0 fully saturated rings. The molecule has 0 saturated heterocycles. The van der Waals surface area contributed by atoms with E-state index in [1.54, 1.807) is 12.5 Å². The minimum Gasteiger partial charge on any atom is -0.472 e. The third-order valence-corrected chi connectivity index (χ3v) is 2.96. The zero-order chi connectivity index (χ0) is 11.5. The second-order valence-electron chi connectivity index (χ2n) is 3.80. The van der Waals surface area contributed by atoms with Crippen molar-refractivity contribution in [2.75, 3.05) is 7.05 Å². The van der Waals surface area contributed by atoms with E-state index in [4.69, 9.17) is 16.0 Å². The van der Waals surface area contributed by atoms with Crippen molar-refractivity contribution in [1.82, 2.24) is 5.32 Å². The minimum absolute atomic E-state index is 0.0758. The molecule has 0 bridgehead atoms. The Bertz CT molecular complexity index is 465. The van der Waals surface area contributed by atoms with Crippen LogP contribution >= 0.6 is 11.6 Å². The van der Waals surface area contributed by atoms with Gasteiger partial charge in [-0.25, -0.2) is 0 Å². The van der Waals surface area contributed by atoms with E-state index in [1.165, 1.54) is 0 Å². The van der Waals surface area contributed by atoms with Crippen molar-refractivity contribution >= 4 is 11.6 Å². The lowest BCUT2D eigenvalue weighted by Crippen LogP contribution is -2.17. The van der Waals surface area contributed by atoms with Gasteiger partial charge in [-0.15, -0.1) is 0 Å². The number of benzene rings is 1. The maximum Gasteiger partial charge on any atom is 0.0953 e. The Kier molecular flexibility index (Phi) is 3.32. The Morgan fingerprint density at radius 3 is 2.69 bits per heavy atom. The molecule has 3 heteroatoms. The Balaban J connectivity index is 2.41. The molecule has 0 aliphatic carbocycles. The lowest BCUT2D eigenvalue weighted by Gasteiger charge is -2.16. The zero-order valence-electron chi connectivity index (χ0n) is 9.33. The number of halogens is 1. The van der Waals surface area contributed by atoms with E-state index in [0.29, 0.717) is 0 Å². The molecule has 1 unspecified atom stereocenters. The first kappa shape index (κ1) is 11.2. The molecule has 0 saturated carbocycles. The van der Waals surface area contributed by atoms with Crippen molar-refractivity contribution in [3.63, 3.8) is 0 Å². The lowest BCUT2D eigenvalue weighted by molar-refractivity contribution is 0.557. The molecule has 2 rings (SSSR count). The van der Waals surface area contributed by atoms with E-state index in [0.717, 1.165) is 21.7 Å². The Morgan fingerprint density at radius 1 is 1.31 bits per heavy atom. The Morgan fingerprint density at radius 2 is 2.12 bits per heavy atom. The molecule has 0 aliphatic heterocycles. The number of rotatable bonds is 3. The van der Waals surface area contributed by atoms with Crippen molar-refractivity contribution in [2.45, 2.75) is 13.0 Å². The van der Waals surface area contributed by atoms with Gasteiger partial charge in [0, 0.05) is 10.6 Å². The fraction of sp³-hybridized carbons (Fsp3) is 0.231. The highest BCUT2D eigenvalue weighted by atomic mass is 35.5. The van der Waals surface area contributed by atoms with E-state index in [1.807, 2.05) is 32.2 Å². The molecular weight excluding hydrogens is 222 g/mol. The summed E-state index contributed by atoms with van der Waals surface area (Å²) in [5.41, 5.74) is 3.31. The van der Waals surface area contributed by atoms with Crippen LogP contribution in [0, 0.1) is 6.92 Å². The molecule has 1 atom stereocenters. The van der Waals surface area contributed by atoms with Gasteiger partial charge in [-0.3, -0.25) is 0 Å². The van der Waals surface area contributed by atoms with Gasteiger partial charge in [0.25, 0.3) is 0 Å². The molecular formula is C13H14ClNO. The third-order valence-electron chi connectivity index (χ3n) is 2.63. The molecule has 1 aromatic carbocycles. The predicted molar refractivity (Wildman–Crippen MR) is 65.8 cm³/mol. The molecule has 16 heavy (non-hydrogen) atoms. The molecule has 0 radical (unpaired) electrons. The first-order valence-electron chi connectivity index (χ1n) is 5.18. The molecule has 0 spiro atoms. The van der Waals surface area contributed by atoms with Crippen LogP contribution in [-0.2, 0) is 0 Å². The molecule has 0 amide bonds. The van der Waals surface area contributed by atoms with Gasteiger partial charge in [0.05, 0.1) is 18.6 Å². The SMILES string of the molecule is CNC(c1ccoc1)c1ccc(C)cc1Cl. The molecule has 2 nitrogen and oxygen atoms in total. The first-order valence-corrected chi connectivity index (χ1v) is 5.55. The summed E-state index contributed by atoms with van der Waals surface area (Å²) < 4.78 is 5.10. The highest BCUT2D eigenvalue weighted by molar-refractivity contribution is 6.31. The number of furan rings is 1. The van der Waals surface area contributed by atoms with Crippen LogP contribution in [0.2, 0.25) is 5.02 Å². The molecule has 1 N–H and O–H groups in total.